The number of carbonyl (C=O) groups excluding carboxylic acids is 1. The third-order valence-electron chi connectivity index (χ3n) is 8.48. The second kappa shape index (κ2) is 12.3. The van der Waals surface area contributed by atoms with Crippen molar-refractivity contribution in [2.75, 3.05) is 0 Å². The Hall–Kier alpha value is -2.30. The average molecular weight is 501 g/mol. The van der Waals surface area contributed by atoms with Crippen molar-refractivity contribution < 1.29 is 22.7 Å². The van der Waals surface area contributed by atoms with E-state index in [1.165, 1.54) is 6.07 Å². The maximum Gasteiger partial charge on any atom is 0.338 e. The molecule has 0 heterocycles. The molecule has 4 rings (SSSR count). The van der Waals surface area contributed by atoms with Crippen LogP contribution >= 0.6 is 0 Å². The molecule has 2 saturated carbocycles. The summed E-state index contributed by atoms with van der Waals surface area (Å²) in [6, 6.07) is 8.12. The molecule has 0 unspecified atom stereocenters. The highest BCUT2D eigenvalue weighted by Crippen LogP contribution is 2.41. The largest absolute Gasteiger partial charge is 0.459 e. The predicted molar refractivity (Wildman–Crippen MR) is 137 cm³/mol. The van der Waals surface area contributed by atoms with Gasteiger partial charge in [0.25, 0.3) is 0 Å². The second-order valence-corrected chi connectivity index (χ2v) is 10.8. The van der Waals surface area contributed by atoms with Crippen LogP contribution in [0.25, 0.3) is 0 Å². The van der Waals surface area contributed by atoms with Crippen LogP contribution in [0.1, 0.15) is 123 Å². The minimum Gasteiger partial charge on any atom is -0.459 e. The SMILES string of the molecule is CCCCc1ccc(C(=O)OC2CCC(c3ccc(C4CCC(CC)CC4)c(F)c3F)CC2)cc1F. The van der Waals surface area contributed by atoms with Gasteiger partial charge in [-0.25, -0.2) is 18.0 Å². The molecule has 2 fully saturated rings. The summed E-state index contributed by atoms with van der Waals surface area (Å²) >= 11 is 0. The summed E-state index contributed by atoms with van der Waals surface area (Å²) in [4.78, 5) is 12.6. The molecular weight excluding hydrogens is 461 g/mol. The fourth-order valence-corrected chi connectivity index (χ4v) is 6.05. The van der Waals surface area contributed by atoms with Gasteiger partial charge in [-0.3, -0.25) is 0 Å². The topological polar surface area (TPSA) is 26.3 Å². The Bertz CT molecular complexity index is 1030. The molecule has 2 aromatic rings. The summed E-state index contributed by atoms with van der Waals surface area (Å²) in [5.74, 6) is -1.55. The summed E-state index contributed by atoms with van der Waals surface area (Å²) in [5, 5.41) is 0. The monoisotopic (exact) mass is 500 g/mol. The van der Waals surface area contributed by atoms with Crippen molar-refractivity contribution in [3.63, 3.8) is 0 Å². The average Bonchev–Trinajstić information content (AvgIpc) is 2.90. The quantitative estimate of drug-likeness (QED) is 0.338. The van der Waals surface area contributed by atoms with Gasteiger partial charge in [0.2, 0.25) is 0 Å². The number of rotatable bonds is 8. The van der Waals surface area contributed by atoms with Gasteiger partial charge in [-0.1, -0.05) is 44.9 Å². The van der Waals surface area contributed by atoms with Crippen molar-refractivity contribution in [2.45, 2.75) is 109 Å². The summed E-state index contributed by atoms with van der Waals surface area (Å²) in [5.41, 5.74) is 1.80. The highest BCUT2D eigenvalue weighted by Gasteiger charge is 2.30. The van der Waals surface area contributed by atoms with E-state index in [2.05, 4.69) is 13.8 Å². The van der Waals surface area contributed by atoms with Crippen LogP contribution in [0.2, 0.25) is 0 Å². The van der Waals surface area contributed by atoms with E-state index in [4.69, 9.17) is 4.74 Å². The Morgan fingerprint density at radius 1 is 0.833 bits per heavy atom. The number of ether oxygens (including phenoxy) is 1. The van der Waals surface area contributed by atoms with Crippen LogP contribution in [0.3, 0.4) is 0 Å². The highest BCUT2D eigenvalue weighted by molar-refractivity contribution is 5.89. The molecule has 0 radical (unpaired) electrons. The Morgan fingerprint density at radius 2 is 1.42 bits per heavy atom. The minimum absolute atomic E-state index is 0.0883. The van der Waals surface area contributed by atoms with Gasteiger partial charge < -0.3 is 4.74 Å². The molecule has 2 nitrogen and oxygen atoms in total. The fraction of sp³-hybridized carbons (Fsp3) is 0.581. The molecule has 0 saturated heterocycles. The maximum absolute atomic E-state index is 15.1. The van der Waals surface area contributed by atoms with Crippen LogP contribution in [0.4, 0.5) is 13.2 Å². The van der Waals surface area contributed by atoms with Crippen LogP contribution in [-0.2, 0) is 11.2 Å². The first-order chi connectivity index (χ1) is 17.4. The number of aryl methyl sites for hydroxylation is 1. The van der Waals surface area contributed by atoms with E-state index >= 15 is 8.78 Å². The molecule has 0 atom stereocenters. The zero-order valence-corrected chi connectivity index (χ0v) is 21.6. The van der Waals surface area contributed by atoms with E-state index in [-0.39, 0.29) is 29.3 Å². The molecule has 5 heteroatoms. The predicted octanol–water partition coefficient (Wildman–Crippen LogP) is 9.01. The van der Waals surface area contributed by atoms with Gasteiger partial charge in [-0.05, 0) is 111 Å². The highest BCUT2D eigenvalue weighted by atomic mass is 19.2. The standard InChI is InChI=1S/C31H39F3O2/c1-3-5-6-23-11-12-24(19-28(23)32)31(35)36-25-15-13-22(14-16-25)27-18-17-26(29(33)30(27)34)21-9-7-20(4-2)8-10-21/h11-12,17-22,25H,3-10,13-16H2,1-2H3. The number of carbonyl (C=O) groups is 1. The zero-order valence-electron chi connectivity index (χ0n) is 21.6. The Morgan fingerprint density at radius 3 is 1.94 bits per heavy atom. The molecule has 0 amide bonds. The molecule has 0 bridgehead atoms. The van der Waals surface area contributed by atoms with Crippen molar-refractivity contribution in [2.24, 2.45) is 5.92 Å². The first kappa shape index (κ1) is 26.8. The van der Waals surface area contributed by atoms with Crippen LogP contribution in [0.5, 0.6) is 0 Å². The van der Waals surface area contributed by atoms with E-state index in [0.717, 1.165) is 44.9 Å². The van der Waals surface area contributed by atoms with Crippen molar-refractivity contribution in [3.05, 3.63) is 70.0 Å². The first-order valence-corrected chi connectivity index (χ1v) is 13.9. The molecule has 36 heavy (non-hydrogen) atoms. The van der Waals surface area contributed by atoms with Crippen LogP contribution in [0.15, 0.2) is 30.3 Å². The Labute approximate surface area is 213 Å². The summed E-state index contributed by atoms with van der Waals surface area (Å²) in [6.07, 6.45) is 9.83. The summed E-state index contributed by atoms with van der Waals surface area (Å²) < 4.78 is 50.2. The molecular formula is C31H39F3O2. The van der Waals surface area contributed by atoms with Gasteiger partial charge in [0.1, 0.15) is 11.9 Å². The lowest BCUT2D eigenvalue weighted by Crippen LogP contribution is -2.24. The van der Waals surface area contributed by atoms with Gasteiger partial charge in [0.05, 0.1) is 5.56 Å². The lowest BCUT2D eigenvalue weighted by molar-refractivity contribution is 0.0193. The number of benzene rings is 2. The summed E-state index contributed by atoms with van der Waals surface area (Å²) in [6.45, 7) is 4.25. The normalized spacial score (nSPS) is 24.5. The lowest BCUT2D eigenvalue weighted by atomic mass is 9.76. The Balaban J connectivity index is 1.33. The molecule has 0 spiro atoms. The van der Waals surface area contributed by atoms with Crippen LogP contribution in [-0.4, -0.2) is 12.1 Å². The van der Waals surface area contributed by atoms with Gasteiger partial charge in [-0.15, -0.1) is 0 Å². The van der Waals surface area contributed by atoms with Gasteiger partial charge in [0, 0.05) is 0 Å². The number of esters is 1. The van der Waals surface area contributed by atoms with E-state index in [1.54, 1.807) is 24.3 Å². The van der Waals surface area contributed by atoms with Gasteiger partial charge >= 0.3 is 5.97 Å². The molecule has 196 valence electrons. The molecule has 0 aromatic heterocycles. The van der Waals surface area contributed by atoms with Crippen molar-refractivity contribution in [3.8, 4) is 0 Å². The number of hydrogen-bond acceptors (Lipinski definition) is 2. The summed E-state index contributed by atoms with van der Waals surface area (Å²) in [7, 11) is 0. The maximum atomic E-state index is 15.1. The van der Waals surface area contributed by atoms with Crippen LogP contribution in [0, 0.1) is 23.4 Å². The third-order valence-corrected chi connectivity index (χ3v) is 8.48. The van der Waals surface area contributed by atoms with Gasteiger partial charge in [0.15, 0.2) is 11.6 Å². The molecule has 2 aliphatic carbocycles. The number of halogens is 3. The van der Waals surface area contributed by atoms with Crippen molar-refractivity contribution >= 4 is 5.97 Å². The second-order valence-electron chi connectivity index (χ2n) is 10.8. The van der Waals surface area contributed by atoms with Crippen LogP contribution < -0.4 is 0 Å². The minimum atomic E-state index is -0.704. The van der Waals surface area contributed by atoms with E-state index in [1.807, 2.05) is 0 Å². The van der Waals surface area contributed by atoms with Crippen molar-refractivity contribution in [1.29, 1.82) is 0 Å². The fourth-order valence-electron chi connectivity index (χ4n) is 6.05. The van der Waals surface area contributed by atoms with Crippen molar-refractivity contribution in [1.82, 2.24) is 0 Å². The smallest absolute Gasteiger partial charge is 0.338 e. The van der Waals surface area contributed by atoms with E-state index in [0.29, 0.717) is 54.7 Å². The van der Waals surface area contributed by atoms with E-state index in [9.17, 15) is 9.18 Å². The third kappa shape index (κ3) is 6.15. The Kier molecular flexibility index (Phi) is 9.14. The lowest BCUT2D eigenvalue weighted by Gasteiger charge is -2.30. The first-order valence-electron chi connectivity index (χ1n) is 13.9. The number of hydrogen-bond donors (Lipinski definition) is 0. The van der Waals surface area contributed by atoms with E-state index < -0.39 is 17.6 Å². The zero-order chi connectivity index (χ0) is 25.7. The molecule has 0 aliphatic heterocycles. The number of unbranched alkanes of at least 4 members (excludes halogenated alkanes) is 1. The molecule has 2 aliphatic rings. The molecule has 0 N–H and O–H groups in total. The molecule has 2 aromatic carbocycles. The van der Waals surface area contributed by atoms with Gasteiger partial charge in [-0.2, -0.15) is 0 Å².